The third kappa shape index (κ3) is 7.35. The number of likely N-dealkylation sites (tertiary alicyclic amines) is 2. The number of rotatable bonds is 10. The zero-order valence-electron chi connectivity index (χ0n) is 27.3. The fraction of sp³-hybridized carbons (Fsp3) is 0.656. The zero-order chi connectivity index (χ0) is 33.2. The van der Waals surface area contributed by atoms with Gasteiger partial charge < -0.3 is 35.2 Å². The molecule has 4 N–H and O–H groups in total. The van der Waals surface area contributed by atoms with Gasteiger partial charge >= 0.3 is 6.09 Å². The van der Waals surface area contributed by atoms with Gasteiger partial charge in [-0.15, -0.1) is 0 Å². The Morgan fingerprint density at radius 2 is 1.83 bits per heavy atom. The number of ether oxygens (including phenoxy) is 2. The minimum absolute atomic E-state index is 0.120. The van der Waals surface area contributed by atoms with Crippen LogP contribution in [0.2, 0.25) is 0 Å². The van der Waals surface area contributed by atoms with Gasteiger partial charge in [0.1, 0.15) is 17.2 Å². The van der Waals surface area contributed by atoms with E-state index in [1.807, 2.05) is 11.9 Å². The van der Waals surface area contributed by atoms with Gasteiger partial charge in [-0.2, -0.15) is 0 Å². The van der Waals surface area contributed by atoms with Crippen molar-refractivity contribution in [2.24, 2.45) is 5.73 Å². The lowest BCUT2D eigenvalue weighted by Crippen LogP contribution is -2.75. The van der Waals surface area contributed by atoms with Gasteiger partial charge in [-0.3, -0.25) is 29.4 Å². The lowest BCUT2D eigenvalue weighted by Gasteiger charge is -2.52. The largest absolute Gasteiger partial charge is 0.444 e. The Hall–Kier alpha value is -3.59. The highest BCUT2D eigenvalue weighted by Gasteiger charge is 2.55. The number of nitrogens with one attached hydrogen (secondary N) is 2. The number of benzene rings is 1. The fourth-order valence-corrected chi connectivity index (χ4v) is 6.43. The maximum Gasteiger partial charge on any atom is 0.410 e. The molecule has 14 heteroatoms. The molecule has 3 fully saturated rings. The molecule has 0 aliphatic carbocycles. The van der Waals surface area contributed by atoms with E-state index in [9.17, 15) is 24.0 Å². The van der Waals surface area contributed by atoms with Crippen LogP contribution in [0.1, 0.15) is 62.4 Å². The van der Waals surface area contributed by atoms with Crippen molar-refractivity contribution in [1.29, 1.82) is 0 Å². The summed E-state index contributed by atoms with van der Waals surface area (Å²) < 4.78 is 11.5. The van der Waals surface area contributed by atoms with Gasteiger partial charge in [0.05, 0.1) is 26.3 Å². The molecule has 4 heterocycles. The van der Waals surface area contributed by atoms with Crippen LogP contribution in [0.25, 0.3) is 0 Å². The van der Waals surface area contributed by atoms with Crippen LogP contribution in [0.15, 0.2) is 18.2 Å². The van der Waals surface area contributed by atoms with Crippen LogP contribution in [0.5, 0.6) is 0 Å². The topological polar surface area (TPSA) is 167 Å². The average Bonchev–Trinajstić information content (AvgIpc) is 3.29. The second-order valence-corrected chi connectivity index (χ2v) is 13.8. The van der Waals surface area contributed by atoms with E-state index in [1.54, 1.807) is 39.0 Å². The van der Waals surface area contributed by atoms with Gasteiger partial charge in [0.2, 0.25) is 17.7 Å². The van der Waals surface area contributed by atoms with Crippen LogP contribution >= 0.6 is 0 Å². The Balaban J connectivity index is 1.25. The van der Waals surface area contributed by atoms with Crippen molar-refractivity contribution in [1.82, 2.24) is 24.9 Å². The number of carbonyl (C=O) groups excluding carboxylic acids is 5. The quantitative estimate of drug-likeness (QED) is 0.245. The van der Waals surface area contributed by atoms with Crippen molar-refractivity contribution in [3.8, 4) is 0 Å². The first-order chi connectivity index (χ1) is 21.8. The first kappa shape index (κ1) is 33.8. The van der Waals surface area contributed by atoms with Crippen molar-refractivity contribution in [2.75, 3.05) is 64.8 Å². The molecule has 4 aliphatic heterocycles. The number of likely N-dealkylation sites (N-methyl/N-ethyl adjacent to an activating group) is 1. The van der Waals surface area contributed by atoms with Crippen molar-refractivity contribution in [2.45, 2.75) is 76.2 Å². The van der Waals surface area contributed by atoms with Crippen LogP contribution in [0, 0.1) is 0 Å². The average molecular weight is 642 g/mol. The second kappa shape index (κ2) is 13.6. The summed E-state index contributed by atoms with van der Waals surface area (Å²) in [7, 11) is 1.84. The molecule has 0 bridgehead atoms. The van der Waals surface area contributed by atoms with Crippen LogP contribution in [0.3, 0.4) is 0 Å². The summed E-state index contributed by atoms with van der Waals surface area (Å²) in [5, 5.41) is 5.34. The molecule has 46 heavy (non-hydrogen) atoms. The smallest absolute Gasteiger partial charge is 0.410 e. The highest BCUT2D eigenvalue weighted by atomic mass is 16.6. The first-order valence-corrected chi connectivity index (χ1v) is 16.1. The predicted octanol–water partition coefficient (Wildman–Crippen LogP) is 0.747. The van der Waals surface area contributed by atoms with Crippen LogP contribution in [-0.2, 0) is 30.4 Å². The Morgan fingerprint density at radius 3 is 2.50 bits per heavy atom. The van der Waals surface area contributed by atoms with E-state index in [-0.39, 0.29) is 56.2 Å². The third-order valence-electron chi connectivity index (χ3n) is 9.30. The van der Waals surface area contributed by atoms with Crippen LogP contribution in [0.4, 0.5) is 10.5 Å². The number of hydrogen-bond donors (Lipinski definition) is 3. The fourth-order valence-electron chi connectivity index (χ4n) is 6.43. The predicted molar refractivity (Wildman–Crippen MR) is 169 cm³/mol. The van der Waals surface area contributed by atoms with E-state index in [4.69, 9.17) is 15.2 Å². The van der Waals surface area contributed by atoms with E-state index < -0.39 is 29.2 Å². The molecule has 0 radical (unpaired) electrons. The van der Waals surface area contributed by atoms with Crippen molar-refractivity contribution in [3.63, 3.8) is 0 Å². The number of carbonyl (C=O) groups is 5. The standard InChI is InChI=1S/C32H47N7O7/c1-31(2,3)46-30(44)38-19-32(20-38,36(4)14-16-45-17-15-37-12-10-21(33)11-13-37)29(43)34-24-7-5-6-22-23(24)18-39(28(22)42)25-8-9-26(40)35-27(25)41/h5-7,21,25H,8-20,33H2,1-4H3,(H,34,43)(H,35,40,41). The van der Waals surface area contributed by atoms with Gasteiger partial charge in [-0.25, -0.2) is 4.79 Å². The molecular weight excluding hydrogens is 594 g/mol. The zero-order valence-corrected chi connectivity index (χ0v) is 27.3. The summed E-state index contributed by atoms with van der Waals surface area (Å²) in [5.41, 5.74) is 5.74. The van der Waals surface area contributed by atoms with E-state index in [2.05, 4.69) is 15.5 Å². The van der Waals surface area contributed by atoms with Crippen LogP contribution in [-0.4, -0.2) is 132 Å². The van der Waals surface area contributed by atoms with Gasteiger partial charge in [0, 0.05) is 48.9 Å². The Labute approximate surface area is 269 Å². The maximum atomic E-state index is 14.1. The van der Waals surface area contributed by atoms with E-state index in [0.29, 0.717) is 36.6 Å². The SMILES string of the molecule is CN(CCOCCN1CCC(N)CC1)C1(C(=O)Nc2cccc3c2CN(C2CCC(=O)NC2=O)C3=O)CN(C(=O)OC(C)(C)C)C1. The molecule has 5 rings (SSSR count). The van der Waals surface area contributed by atoms with Crippen molar-refractivity contribution < 1.29 is 33.4 Å². The second-order valence-electron chi connectivity index (χ2n) is 13.8. The van der Waals surface area contributed by atoms with Crippen molar-refractivity contribution >= 4 is 35.4 Å². The molecule has 3 saturated heterocycles. The summed E-state index contributed by atoms with van der Waals surface area (Å²) >= 11 is 0. The number of amides is 5. The van der Waals surface area contributed by atoms with E-state index >= 15 is 0 Å². The summed E-state index contributed by atoms with van der Waals surface area (Å²) in [6, 6.07) is 4.60. The molecule has 0 saturated carbocycles. The Bertz CT molecular complexity index is 1350. The summed E-state index contributed by atoms with van der Waals surface area (Å²) in [5.74, 6) is -1.49. The van der Waals surface area contributed by atoms with Crippen LogP contribution < -0.4 is 16.4 Å². The monoisotopic (exact) mass is 641 g/mol. The molecule has 14 nitrogen and oxygen atoms in total. The molecule has 0 aromatic heterocycles. The van der Waals surface area contributed by atoms with Gasteiger partial charge in [-0.05, 0) is 72.3 Å². The first-order valence-electron chi connectivity index (χ1n) is 16.1. The lowest BCUT2D eigenvalue weighted by molar-refractivity contribution is -0.140. The highest BCUT2D eigenvalue weighted by Crippen LogP contribution is 2.35. The number of nitrogens with two attached hydrogens (primary N) is 1. The Morgan fingerprint density at radius 1 is 1.11 bits per heavy atom. The Kier molecular flexibility index (Phi) is 10.0. The number of anilines is 1. The molecule has 1 aromatic rings. The number of imide groups is 1. The number of piperidine rings is 2. The van der Waals surface area contributed by atoms with Gasteiger partial charge in [0.15, 0.2) is 0 Å². The lowest BCUT2D eigenvalue weighted by atomic mass is 9.86. The normalized spacial score (nSPS) is 22.0. The maximum absolute atomic E-state index is 14.1. The molecule has 1 atom stereocenters. The van der Waals surface area contributed by atoms with Crippen molar-refractivity contribution in [3.05, 3.63) is 29.3 Å². The molecule has 4 aliphatic rings. The number of hydrogen-bond acceptors (Lipinski definition) is 10. The van der Waals surface area contributed by atoms with E-state index in [0.717, 1.165) is 32.5 Å². The summed E-state index contributed by atoms with van der Waals surface area (Å²) in [6.45, 7) is 9.93. The number of nitrogens with zero attached hydrogens (tertiary/aromatic N) is 4. The third-order valence-corrected chi connectivity index (χ3v) is 9.30. The highest BCUT2D eigenvalue weighted by molar-refractivity contribution is 6.07. The summed E-state index contributed by atoms with van der Waals surface area (Å²) in [6.07, 6.45) is 1.88. The van der Waals surface area contributed by atoms with Gasteiger partial charge in [-0.1, -0.05) is 6.07 Å². The minimum Gasteiger partial charge on any atom is -0.444 e. The molecule has 0 spiro atoms. The molecule has 1 aromatic carbocycles. The molecule has 252 valence electrons. The molecule has 1 unspecified atom stereocenters. The molecular formula is C32H47N7O7. The number of fused-ring (bicyclic) bond motifs is 1. The van der Waals surface area contributed by atoms with Gasteiger partial charge in [0.25, 0.3) is 5.91 Å². The molecule has 5 amide bonds. The van der Waals surface area contributed by atoms with E-state index in [1.165, 1.54) is 9.80 Å². The summed E-state index contributed by atoms with van der Waals surface area (Å²) in [4.78, 5) is 71.7. The minimum atomic E-state index is -1.06.